The van der Waals surface area contributed by atoms with Crippen LogP contribution in [0.1, 0.15) is 32.6 Å². The van der Waals surface area contributed by atoms with Gasteiger partial charge in [-0.1, -0.05) is 6.92 Å². The normalized spacial score (nSPS) is 35.2. The van der Waals surface area contributed by atoms with Crippen molar-refractivity contribution in [3.8, 4) is 0 Å². The van der Waals surface area contributed by atoms with E-state index >= 15 is 0 Å². The third-order valence-corrected chi connectivity index (χ3v) is 3.68. The number of rotatable bonds is 3. The molecule has 1 heterocycles. The molecule has 4 nitrogen and oxygen atoms in total. The first-order chi connectivity index (χ1) is 7.70. The summed E-state index contributed by atoms with van der Waals surface area (Å²) in [5.74, 6) is 0.810. The van der Waals surface area contributed by atoms with Crippen LogP contribution in [0.4, 0.5) is 4.79 Å². The van der Waals surface area contributed by atoms with Crippen molar-refractivity contribution in [2.45, 2.75) is 44.8 Å². The molecule has 0 N–H and O–H groups in total. The molecule has 1 aliphatic heterocycles. The van der Waals surface area contributed by atoms with Gasteiger partial charge in [0, 0.05) is 13.2 Å². The van der Waals surface area contributed by atoms with Gasteiger partial charge in [-0.25, -0.2) is 4.79 Å². The van der Waals surface area contributed by atoms with Crippen LogP contribution in [0.15, 0.2) is 0 Å². The van der Waals surface area contributed by atoms with E-state index in [2.05, 4.69) is 6.92 Å². The summed E-state index contributed by atoms with van der Waals surface area (Å²) >= 11 is 0. The Kier molecular flexibility index (Phi) is 3.69. The molecule has 1 atom stereocenters. The molecule has 0 spiro atoms. The monoisotopic (exact) mass is 227 g/mol. The molecule has 2 aliphatic rings. The summed E-state index contributed by atoms with van der Waals surface area (Å²) in [5.41, 5.74) is 0. The molecule has 0 aromatic rings. The van der Waals surface area contributed by atoms with E-state index in [1.807, 2.05) is 4.90 Å². The van der Waals surface area contributed by atoms with Gasteiger partial charge < -0.3 is 14.4 Å². The molecule has 4 heteroatoms. The van der Waals surface area contributed by atoms with Crippen LogP contribution < -0.4 is 0 Å². The van der Waals surface area contributed by atoms with Crippen molar-refractivity contribution < 1.29 is 14.3 Å². The Labute approximate surface area is 96.9 Å². The van der Waals surface area contributed by atoms with Crippen molar-refractivity contribution in [2.75, 3.05) is 20.3 Å². The summed E-state index contributed by atoms with van der Waals surface area (Å²) in [6.45, 7) is 3.49. The lowest BCUT2D eigenvalue weighted by Gasteiger charge is -2.31. The molecule has 1 unspecified atom stereocenters. The Hall–Kier alpha value is -0.770. The summed E-state index contributed by atoms with van der Waals surface area (Å²) in [7, 11) is 1.64. The minimum atomic E-state index is -0.151. The maximum Gasteiger partial charge on any atom is 0.410 e. The summed E-state index contributed by atoms with van der Waals surface area (Å²) in [5, 5.41) is 0. The van der Waals surface area contributed by atoms with Crippen molar-refractivity contribution >= 4 is 6.09 Å². The van der Waals surface area contributed by atoms with Crippen LogP contribution in [0.2, 0.25) is 0 Å². The number of amides is 1. The summed E-state index contributed by atoms with van der Waals surface area (Å²) in [4.78, 5) is 13.6. The van der Waals surface area contributed by atoms with Crippen molar-refractivity contribution in [3.63, 3.8) is 0 Å². The molecule has 92 valence electrons. The number of cyclic esters (lactones) is 1. The van der Waals surface area contributed by atoms with E-state index in [1.165, 1.54) is 12.8 Å². The van der Waals surface area contributed by atoms with Gasteiger partial charge >= 0.3 is 6.09 Å². The van der Waals surface area contributed by atoms with Crippen LogP contribution in [-0.4, -0.2) is 43.4 Å². The van der Waals surface area contributed by atoms with E-state index in [0.29, 0.717) is 19.2 Å². The molecule has 16 heavy (non-hydrogen) atoms. The highest BCUT2D eigenvalue weighted by molar-refractivity contribution is 5.70. The SMILES string of the molecule is COCC1CN(C2CCC(C)CC2)C(=O)O1. The van der Waals surface area contributed by atoms with Gasteiger partial charge in [0.05, 0.1) is 13.2 Å². The highest BCUT2D eigenvalue weighted by Gasteiger charge is 2.36. The average Bonchev–Trinajstić information content (AvgIpc) is 2.61. The quantitative estimate of drug-likeness (QED) is 0.740. The van der Waals surface area contributed by atoms with E-state index in [0.717, 1.165) is 18.8 Å². The second-order valence-electron chi connectivity index (χ2n) is 5.03. The van der Waals surface area contributed by atoms with Crippen molar-refractivity contribution in [1.29, 1.82) is 0 Å². The Morgan fingerprint density at radius 3 is 2.69 bits per heavy atom. The standard InChI is InChI=1S/C12H21NO3/c1-9-3-5-10(6-4-9)13-7-11(8-15-2)16-12(13)14/h9-11H,3-8H2,1-2H3. The average molecular weight is 227 g/mol. The Balaban J connectivity index is 1.87. The second kappa shape index (κ2) is 5.04. The molecule has 1 aliphatic carbocycles. The molecule has 0 aromatic heterocycles. The number of methoxy groups -OCH3 is 1. The third kappa shape index (κ3) is 2.48. The maximum absolute atomic E-state index is 11.7. The fraction of sp³-hybridized carbons (Fsp3) is 0.917. The van der Waals surface area contributed by atoms with Crippen LogP contribution >= 0.6 is 0 Å². The van der Waals surface area contributed by atoms with Crippen molar-refractivity contribution in [1.82, 2.24) is 4.90 Å². The fourth-order valence-electron chi connectivity index (χ4n) is 2.67. The predicted molar refractivity (Wildman–Crippen MR) is 60.3 cm³/mol. The molecular formula is C12H21NO3. The zero-order chi connectivity index (χ0) is 11.5. The van der Waals surface area contributed by atoms with Crippen molar-refractivity contribution in [3.05, 3.63) is 0 Å². The molecule has 2 rings (SSSR count). The largest absolute Gasteiger partial charge is 0.442 e. The van der Waals surface area contributed by atoms with Gasteiger partial charge in [-0.05, 0) is 31.6 Å². The van der Waals surface area contributed by atoms with Gasteiger partial charge in [-0.2, -0.15) is 0 Å². The van der Waals surface area contributed by atoms with Crippen LogP contribution in [0.5, 0.6) is 0 Å². The first kappa shape index (κ1) is 11.7. The molecule has 0 radical (unpaired) electrons. The number of carbonyl (C=O) groups is 1. The molecule has 0 bridgehead atoms. The molecular weight excluding hydrogens is 206 g/mol. The van der Waals surface area contributed by atoms with Crippen LogP contribution in [0, 0.1) is 5.92 Å². The predicted octanol–water partition coefficient (Wildman–Crippen LogP) is 2.03. The van der Waals surface area contributed by atoms with E-state index < -0.39 is 0 Å². The zero-order valence-electron chi connectivity index (χ0n) is 10.1. The number of carbonyl (C=O) groups excluding carboxylic acids is 1. The summed E-state index contributed by atoms with van der Waals surface area (Å²) in [6, 6.07) is 0.394. The molecule has 2 fully saturated rings. The van der Waals surface area contributed by atoms with Gasteiger partial charge in [0.1, 0.15) is 6.10 Å². The van der Waals surface area contributed by atoms with Crippen LogP contribution in [-0.2, 0) is 9.47 Å². The maximum atomic E-state index is 11.7. The molecule has 0 aromatic carbocycles. The van der Waals surface area contributed by atoms with E-state index in [9.17, 15) is 4.79 Å². The Morgan fingerprint density at radius 1 is 1.38 bits per heavy atom. The van der Waals surface area contributed by atoms with Gasteiger partial charge in [-0.15, -0.1) is 0 Å². The Morgan fingerprint density at radius 2 is 2.06 bits per heavy atom. The zero-order valence-corrected chi connectivity index (χ0v) is 10.1. The summed E-state index contributed by atoms with van der Waals surface area (Å²) < 4.78 is 10.3. The fourth-order valence-corrected chi connectivity index (χ4v) is 2.67. The number of nitrogens with zero attached hydrogens (tertiary/aromatic N) is 1. The third-order valence-electron chi connectivity index (χ3n) is 3.68. The van der Waals surface area contributed by atoms with Crippen LogP contribution in [0.25, 0.3) is 0 Å². The van der Waals surface area contributed by atoms with Crippen LogP contribution in [0.3, 0.4) is 0 Å². The van der Waals surface area contributed by atoms with Gasteiger partial charge in [0.25, 0.3) is 0 Å². The number of hydrogen-bond donors (Lipinski definition) is 0. The topological polar surface area (TPSA) is 38.8 Å². The molecule has 1 amide bonds. The first-order valence-electron chi connectivity index (χ1n) is 6.17. The highest BCUT2D eigenvalue weighted by Crippen LogP contribution is 2.29. The smallest absolute Gasteiger partial charge is 0.410 e. The minimum Gasteiger partial charge on any atom is -0.442 e. The minimum absolute atomic E-state index is 0.0724. The van der Waals surface area contributed by atoms with E-state index in [4.69, 9.17) is 9.47 Å². The van der Waals surface area contributed by atoms with Gasteiger partial charge in [-0.3, -0.25) is 0 Å². The lowest BCUT2D eigenvalue weighted by atomic mass is 9.87. The van der Waals surface area contributed by atoms with Gasteiger partial charge in [0.15, 0.2) is 0 Å². The van der Waals surface area contributed by atoms with E-state index in [-0.39, 0.29) is 12.2 Å². The van der Waals surface area contributed by atoms with Gasteiger partial charge in [0.2, 0.25) is 0 Å². The molecule has 1 saturated carbocycles. The first-order valence-corrected chi connectivity index (χ1v) is 6.17. The lowest BCUT2D eigenvalue weighted by molar-refractivity contribution is 0.0712. The second-order valence-corrected chi connectivity index (χ2v) is 5.03. The highest BCUT2D eigenvalue weighted by atomic mass is 16.6. The van der Waals surface area contributed by atoms with E-state index in [1.54, 1.807) is 7.11 Å². The summed E-state index contributed by atoms with van der Waals surface area (Å²) in [6.07, 6.45) is 4.47. The van der Waals surface area contributed by atoms with Crippen molar-refractivity contribution in [2.24, 2.45) is 5.92 Å². The lowest BCUT2D eigenvalue weighted by Crippen LogP contribution is -2.39. The Bertz CT molecular complexity index is 249. The number of ether oxygens (including phenoxy) is 2. The molecule has 1 saturated heterocycles. The number of hydrogen-bond acceptors (Lipinski definition) is 3.